The molecular formula is C16H15F3N4O2. The number of hydrogen-bond acceptors (Lipinski definition) is 4. The molecule has 2 heterocycles. The molecule has 0 fully saturated rings. The molecule has 0 aromatic carbocycles. The van der Waals surface area contributed by atoms with E-state index in [-0.39, 0.29) is 13.1 Å². The van der Waals surface area contributed by atoms with E-state index >= 15 is 0 Å². The number of rotatable bonds is 6. The van der Waals surface area contributed by atoms with Crippen molar-refractivity contribution in [1.29, 1.82) is 0 Å². The van der Waals surface area contributed by atoms with E-state index in [1.165, 1.54) is 30.7 Å². The summed E-state index contributed by atoms with van der Waals surface area (Å²) in [6.45, 7) is -0.946. The second-order valence-electron chi connectivity index (χ2n) is 5.15. The Hall–Kier alpha value is -2.97. The van der Waals surface area contributed by atoms with E-state index in [0.29, 0.717) is 16.0 Å². The molecule has 25 heavy (non-hydrogen) atoms. The molecule has 0 saturated carbocycles. The Kier molecular flexibility index (Phi) is 6.04. The molecule has 2 aromatic rings. The summed E-state index contributed by atoms with van der Waals surface area (Å²) in [5.41, 5.74) is 1.13. The average molecular weight is 352 g/mol. The Morgan fingerprint density at radius 1 is 1.04 bits per heavy atom. The monoisotopic (exact) mass is 352 g/mol. The molecule has 0 spiro atoms. The van der Waals surface area contributed by atoms with Crippen LogP contribution in [0.3, 0.4) is 0 Å². The lowest BCUT2D eigenvalue weighted by Gasteiger charge is -2.23. The van der Waals surface area contributed by atoms with E-state index in [1.807, 2.05) is 0 Å². The Bertz CT molecular complexity index is 708. The number of hydrogen-bond donors (Lipinski definition) is 1. The van der Waals surface area contributed by atoms with Crippen LogP contribution in [-0.4, -0.2) is 39.4 Å². The van der Waals surface area contributed by atoms with Gasteiger partial charge in [0, 0.05) is 37.9 Å². The van der Waals surface area contributed by atoms with E-state index in [0.717, 1.165) is 0 Å². The van der Waals surface area contributed by atoms with Gasteiger partial charge < -0.3 is 10.2 Å². The zero-order chi connectivity index (χ0) is 18.3. The summed E-state index contributed by atoms with van der Waals surface area (Å²) < 4.78 is 38.3. The van der Waals surface area contributed by atoms with Crippen LogP contribution in [0.1, 0.15) is 11.1 Å². The zero-order valence-corrected chi connectivity index (χ0v) is 13.0. The fraction of sp³-hybridized carbons (Fsp3) is 0.250. The van der Waals surface area contributed by atoms with Crippen molar-refractivity contribution in [3.63, 3.8) is 0 Å². The Labute approximate surface area is 141 Å². The van der Waals surface area contributed by atoms with Gasteiger partial charge in [0.05, 0.1) is 0 Å². The van der Waals surface area contributed by atoms with Crippen LogP contribution in [0, 0.1) is 0 Å². The molecule has 0 aliphatic carbocycles. The van der Waals surface area contributed by atoms with Gasteiger partial charge in [-0.2, -0.15) is 13.2 Å². The van der Waals surface area contributed by atoms with Crippen LogP contribution in [0.5, 0.6) is 0 Å². The molecular weight excluding hydrogens is 337 g/mol. The third kappa shape index (κ3) is 5.87. The summed E-state index contributed by atoms with van der Waals surface area (Å²) >= 11 is 0. The average Bonchev–Trinajstić information content (AvgIpc) is 2.60. The van der Waals surface area contributed by atoms with Crippen LogP contribution in [-0.2, 0) is 22.7 Å². The van der Waals surface area contributed by atoms with Crippen LogP contribution in [0.15, 0.2) is 49.1 Å². The smallest absolute Gasteiger partial charge is 0.350 e. The molecule has 0 saturated heterocycles. The summed E-state index contributed by atoms with van der Waals surface area (Å²) in [7, 11) is 0. The topological polar surface area (TPSA) is 75.2 Å². The first kappa shape index (κ1) is 18.4. The Balaban J connectivity index is 2.02. The number of carbonyl (C=O) groups excluding carboxylic acids is 2. The van der Waals surface area contributed by atoms with E-state index in [9.17, 15) is 22.8 Å². The quantitative estimate of drug-likeness (QED) is 0.858. The van der Waals surface area contributed by atoms with Crippen molar-refractivity contribution in [2.45, 2.75) is 19.3 Å². The predicted molar refractivity (Wildman–Crippen MR) is 81.8 cm³/mol. The second kappa shape index (κ2) is 8.22. The molecule has 2 rings (SSSR count). The molecule has 0 unspecified atom stereocenters. The molecule has 1 N–H and O–H groups in total. The number of carbonyl (C=O) groups is 2. The van der Waals surface area contributed by atoms with Crippen LogP contribution in [0.25, 0.3) is 0 Å². The summed E-state index contributed by atoms with van der Waals surface area (Å²) in [4.78, 5) is 31.6. The van der Waals surface area contributed by atoms with E-state index < -0.39 is 24.5 Å². The fourth-order valence-electron chi connectivity index (χ4n) is 2.02. The maximum absolute atomic E-state index is 12.8. The van der Waals surface area contributed by atoms with Gasteiger partial charge in [0.15, 0.2) is 0 Å². The highest BCUT2D eigenvalue weighted by Crippen LogP contribution is 2.19. The van der Waals surface area contributed by atoms with Gasteiger partial charge in [0.1, 0.15) is 6.54 Å². The molecule has 132 valence electrons. The molecule has 2 amide bonds. The first-order valence-corrected chi connectivity index (χ1v) is 7.27. The van der Waals surface area contributed by atoms with Crippen LogP contribution >= 0.6 is 0 Å². The molecule has 9 heteroatoms. The number of alkyl halides is 3. The van der Waals surface area contributed by atoms with Crippen molar-refractivity contribution in [2.75, 3.05) is 6.54 Å². The van der Waals surface area contributed by atoms with Crippen molar-refractivity contribution in [1.82, 2.24) is 20.2 Å². The number of nitrogens with zero attached hydrogens (tertiary/aromatic N) is 3. The van der Waals surface area contributed by atoms with Crippen molar-refractivity contribution < 1.29 is 22.8 Å². The standard InChI is InChI=1S/C16H15F3N4O2/c17-16(18,19)15(25)23(10-12-3-6-20-7-4-12)11-14(24)22-9-13-2-1-5-21-8-13/h1-8H,9-11H2,(H,22,24). The Morgan fingerprint density at radius 3 is 2.36 bits per heavy atom. The zero-order valence-electron chi connectivity index (χ0n) is 13.0. The number of amides is 2. The molecule has 0 radical (unpaired) electrons. The minimum Gasteiger partial charge on any atom is -0.350 e. The normalized spacial score (nSPS) is 11.0. The maximum Gasteiger partial charge on any atom is 0.471 e. The summed E-state index contributed by atoms with van der Waals surface area (Å²) in [6.07, 6.45) is 0.818. The molecule has 0 atom stereocenters. The summed E-state index contributed by atoms with van der Waals surface area (Å²) in [5.74, 6) is -2.77. The Morgan fingerprint density at radius 2 is 1.76 bits per heavy atom. The first-order valence-electron chi connectivity index (χ1n) is 7.27. The highest BCUT2D eigenvalue weighted by molar-refractivity contribution is 5.87. The highest BCUT2D eigenvalue weighted by atomic mass is 19.4. The fourth-order valence-corrected chi connectivity index (χ4v) is 2.02. The van der Waals surface area contributed by atoms with Crippen molar-refractivity contribution in [3.05, 3.63) is 60.2 Å². The molecule has 6 nitrogen and oxygen atoms in total. The van der Waals surface area contributed by atoms with Gasteiger partial charge in [0.25, 0.3) is 0 Å². The molecule has 0 bridgehead atoms. The maximum atomic E-state index is 12.8. The van der Waals surface area contributed by atoms with E-state index in [2.05, 4.69) is 15.3 Å². The number of pyridine rings is 2. The predicted octanol–water partition coefficient (Wildman–Crippen LogP) is 1.68. The number of aromatic nitrogens is 2. The highest BCUT2D eigenvalue weighted by Gasteiger charge is 2.42. The SMILES string of the molecule is O=C(CN(Cc1ccncc1)C(=O)C(F)(F)F)NCc1cccnc1. The summed E-state index contributed by atoms with van der Waals surface area (Å²) in [6, 6.07) is 6.34. The number of halogens is 3. The minimum atomic E-state index is -5.06. The van der Waals surface area contributed by atoms with Gasteiger partial charge in [-0.15, -0.1) is 0 Å². The van der Waals surface area contributed by atoms with Gasteiger partial charge in [-0.1, -0.05) is 6.07 Å². The molecule has 0 aliphatic rings. The lowest BCUT2D eigenvalue weighted by molar-refractivity contribution is -0.186. The third-order valence-electron chi connectivity index (χ3n) is 3.20. The van der Waals surface area contributed by atoms with Gasteiger partial charge >= 0.3 is 12.1 Å². The largest absolute Gasteiger partial charge is 0.471 e. The number of nitrogens with one attached hydrogen (secondary N) is 1. The van der Waals surface area contributed by atoms with Crippen LogP contribution in [0.2, 0.25) is 0 Å². The van der Waals surface area contributed by atoms with Crippen molar-refractivity contribution in [2.24, 2.45) is 0 Å². The lowest BCUT2D eigenvalue weighted by atomic mass is 10.2. The molecule has 2 aromatic heterocycles. The van der Waals surface area contributed by atoms with Gasteiger partial charge in [-0.05, 0) is 29.3 Å². The van der Waals surface area contributed by atoms with Gasteiger partial charge in [-0.25, -0.2) is 0 Å². The second-order valence-corrected chi connectivity index (χ2v) is 5.15. The van der Waals surface area contributed by atoms with Crippen LogP contribution < -0.4 is 5.32 Å². The third-order valence-corrected chi connectivity index (χ3v) is 3.20. The minimum absolute atomic E-state index is 0.107. The van der Waals surface area contributed by atoms with Crippen molar-refractivity contribution in [3.8, 4) is 0 Å². The molecule has 0 aliphatic heterocycles. The van der Waals surface area contributed by atoms with E-state index in [4.69, 9.17) is 0 Å². The lowest BCUT2D eigenvalue weighted by Crippen LogP contribution is -2.45. The summed E-state index contributed by atoms with van der Waals surface area (Å²) in [5, 5.41) is 2.47. The first-order chi connectivity index (χ1) is 11.9. The van der Waals surface area contributed by atoms with Gasteiger partial charge in [0.2, 0.25) is 5.91 Å². The van der Waals surface area contributed by atoms with E-state index in [1.54, 1.807) is 18.3 Å². The van der Waals surface area contributed by atoms with Crippen LogP contribution in [0.4, 0.5) is 13.2 Å². The van der Waals surface area contributed by atoms with Crippen molar-refractivity contribution >= 4 is 11.8 Å². The van der Waals surface area contributed by atoms with Gasteiger partial charge in [-0.3, -0.25) is 19.6 Å².